The maximum absolute atomic E-state index is 12.4. The molecular weight excluding hydrogens is 236 g/mol. The number of pyridine rings is 1. The van der Waals surface area contributed by atoms with Gasteiger partial charge in [0.05, 0.1) is 5.52 Å². The van der Waals surface area contributed by atoms with Crippen molar-refractivity contribution in [2.24, 2.45) is 5.92 Å². The number of aromatic nitrogens is 1. The maximum Gasteiger partial charge on any atom is 0.141 e. The zero-order valence-electron chi connectivity index (χ0n) is 10.9. The normalized spacial score (nSPS) is 19.5. The molecule has 1 atom stereocenters. The van der Waals surface area contributed by atoms with E-state index in [1.807, 2.05) is 30.3 Å². The number of hydrogen-bond donors (Lipinski definition) is 1. The van der Waals surface area contributed by atoms with E-state index in [0.29, 0.717) is 12.2 Å². The zero-order chi connectivity index (χ0) is 13.1. The third-order valence-corrected chi connectivity index (χ3v) is 3.86. The molecule has 0 radical (unpaired) electrons. The summed E-state index contributed by atoms with van der Waals surface area (Å²) in [6.07, 6.45) is 4.45. The molecule has 3 heteroatoms. The smallest absolute Gasteiger partial charge is 0.141 e. The minimum absolute atomic E-state index is 0.181. The second kappa shape index (κ2) is 5.49. The Morgan fingerprint density at radius 1 is 1.32 bits per heavy atom. The molecule has 1 saturated heterocycles. The first-order chi connectivity index (χ1) is 9.34. The fourth-order valence-electron chi connectivity index (χ4n) is 2.77. The highest BCUT2D eigenvalue weighted by Gasteiger charge is 2.21. The molecule has 0 spiro atoms. The van der Waals surface area contributed by atoms with Gasteiger partial charge < -0.3 is 5.32 Å². The summed E-state index contributed by atoms with van der Waals surface area (Å²) in [5, 5.41) is 4.40. The predicted octanol–water partition coefficient (Wildman–Crippen LogP) is 2.35. The topological polar surface area (TPSA) is 42.0 Å². The lowest BCUT2D eigenvalue weighted by atomic mass is 9.90. The average Bonchev–Trinajstić information content (AvgIpc) is 2.48. The molecule has 1 aliphatic heterocycles. The highest BCUT2D eigenvalue weighted by Crippen LogP contribution is 2.20. The lowest BCUT2D eigenvalue weighted by molar-refractivity contribution is -0.122. The first-order valence-electron chi connectivity index (χ1n) is 6.90. The Balaban J connectivity index is 1.82. The third-order valence-electron chi connectivity index (χ3n) is 3.86. The van der Waals surface area contributed by atoms with Crippen LogP contribution in [0.4, 0.5) is 0 Å². The number of nitrogens with one attached hydrogen (secondary N) is 1. The summed E-state index contributed by atoms with van der Waals surface area (Å²) in [6, 6.07) is 9.98. The van der Waals surface area contributed by atoms with Gasteiger partial charge in [-0.3, -0.25) is 9.78 Å². The molecule has 1 aromatic heterocycles. The number of rotatable bonds is 3. The van der Waals surface area contributed by atoms with Gasteiger partial charge in [-0.15, -0.1) is 0 Å². The van der Waals surface area contributed by atoms with E-state index in [1.54, 1.807) is 6.20 Å². The SMILES string of the molecule is O=C(Cc1ccnc2ccccc12)C1CCCNC1. The van der Waals surface area contributed by atoms with Gasteiger partial charge in [-0.25, -0.2) is 0 Å². The second-order valence-corrected chi connectivity index (χ2v) is 5.17. The molecule has 1 aliphatic rings. The largest absolute Gasteiger partial charge is 0.316 e. The molecule has 0 bridgehead atoms. The van der Waals surface area contributed by atoms with E-state index in [9.17, 15) is 4.79 Å². The second-order valence-electron chi connectivity index (χ2n) is 5.17. The minimum atomic E-state index is 0.181. The monoisotopic (exact) mass is 254 g/mol. The summed E-state index contributed by atoms with van der Waals surface area (Å²) in [5.74, 6) is 0.532. The van der Waals surface area contributed by atoms with Crippen molar-refractivity contribution in [1.29, 1.82) is 0 Å². The molecule has 1 aromatic carbocycles. The van der Waals surface area contributed by atoms with Crippen LogP contribution < -0.4 is 5.32 Å². The van der Waals surface area contributed by atoms with Crippen LogP contribution in [-0.2, 0) is 11.2 Å². The van der Waals surface area contributed by atoms with Gasteiger partial charge in [0.15, 0.2) is 0 Å². The minimum Gasteiger partial charge on any atom is -0.316 e. The van der Waals surface area contributed by atoms with Crippen molar-refractivity contribution >= 4 is 16.7 Å². The van der Waals surface area contributed by atoms with E-state index in [-0.39, 0.29) is 5.92 Å². The number of para-hydroxylation sites is 1. The average molecular weight is 254 g/mol. The molecule has 98 valence electrons. The molecule has 0 amide bonds. The number of carbonyl (C=O) groups excluding carboxylic acids is 1. The Kier molecular flexibility index (Phi) is 3.56. The highest BCUT2D eigenvalue weighted by molar-refractivity contribution is 5.90. The lowest BCUT2D eigenvalue weighted by Crippen LogP contribution is -2.35. The summed E-state index contributed by atoms with van der Waals surface area (Å²) in [7, 11) is 0. The van der Waals surface area contributed by atoms with Crippen LogP contribution in [0.2, 0.25) is 0 Å². The van der Waals surface area contributed by atoms with Gasteiger partial charge in [0.1, 0.15) is 5.78 Å². The van der Waals surface area contributed by atoms with E-state index in [1.165, 1.54) is 0 Å². The van der Waals surface area contributed by atoms with Crippen LogP contribution in [-0.4, -0.2) is 23.9 Å². The molecule has 19 heavy (non-hydrogen) atoms. The quantitative estimate of drug-likeness (QED) is 0.914. The number of nitrogens with zero attached hydrogens (tertiary/aromatic N) is 1. The molecule has 3 nitrogen and oxygen atoms in total. The molecule has 0 aliphatic carbocycles. The van der Waals surface area contributed by atoms with Gasteiger partial charge in [-0.05, 0) is 37.1 Å². The maximum atomic E-state index is 12.4. The molecule has 3 rings (SSSR count). The third kappa shape index (κ3) is 2.66. The molecule has 1 fully saturated rings. The summed E-state index contributed by atoms with van der Waals surface area (Å²) in [5.41, 5.74) is 2.07. The Bertz CT molecular complexity index is 583. The number of carbonyl (C=O) groups is 1. The highest BCUT2D eigenvalue weighted by atomic mass is 16.1. The number of fused-ring (bicyclic) bond motifs is 1. The zero-order valence-corrected chi connectivity index (χ0v) is 10.9. The van der Waals surface area contributed by atoms with Gasteiger partial charge in [0, 0.05) is 30.5 Å². The Morgan fingerprint density at radius 3 is 3.05 bits per heavy atom. The fraction of sp³-hybridized carbons (Fsp3) is 0.375. The van der Waals surface area contributed by atoms with E-state index >= 15 is 0 Å². The van der Waals surface area contributed by atoms with Gasteiger partial charge in [-0.2, -0.15) is 0 Å². The van der Waals surface area contributed by atoms with E-state index in [0.717, 1.165) is 42.4 Å². The van der Waals surface area contributed by atoms with Crippen LogP contribution >= 0.6 is 0 Å². The van der Waals surface area contributed by atoms with Crippen LogP contribution in [0.5, 0.6) is 0 Å². The van der Waals surface area contributed by atoms with Crippen molar-refractivity contribution < 1.29 is 4.79 Å². The first kappa shape index (κ1) is 12.3. The van der Waals surface area contributed by atoms with Crippen molar-refractivity contribution in [3.05, 3.63) is 42.1 Å². The molecule has 2 heterocycles. The molecule has 1 unspecified atom stereocenters. The Labute approximate surface area is 113 Å². The number of piperidine rings is 1. The number of hydrogen-bond acceptors (Lipinski definition) is 3. The first-order valence-corrected chi connectivity index (χ1v) is 6.90. The summed E-state index contributed by atoms with van der Waals surface area (Å²) >= 11 is 0. The number of Topliss-reactive ketones (excluding diaryl/α,β-unsaturated/α-hetero) is 1. The summed E-state index contributed by atoms with van der Waals surface area (Å²) in [4.78, 5) is 16.7. The Morgan fingerprint density at radius 2 is 2.21 bits per heavy atom. The van der Waals surface area contributed by atoms with Gasteiger partial charge >= 0.3 is 0 Å². The van der Waals surface area contributed by atoms with E-state index < -0.39 is 0 Å². The van der Waals surface area contributed by atoms with Crippen molar-refractivity contribution in [2.75, 3.05) is 13.1 Å². The Hall–Kier alpha value is -1.74. The van der Waals surface area contributed by atoms with Gasteiger partial charge in [0.25, 0.3) is 0 Å². The van der Waals surface area contributed by atoms with Crippen molar-refractivity contribution in [2.45, 2.75) is 19.3 Å². The van der Waals surface area contributed by atoms with Crippen LogP contribution in [0.15, 0.2) is 36.5 Å². The fourth-order valence-corrected chi connectivity index (χ4v) is 2.77. The van der Waals surface area contributed by atoms with Gasteiger partial charge in [0.2, 0.25) is 0 Å². The van der Waals surface area contributed by atoms with Crippen LogP contribution in [0.3, 0.4) is 0 Å². The molecular formula is C16H18N2O. The van der Waals surface area contributed by atoms with Crippen LogP contribution in [0.1, 0.15) is 18.4 Å². The predicted molar refractivity (Wildman–Crippen MR) is 76.0 cm³/mol. The van der Waals surface area contributed by atoms with Crippen molar-refractivity contribution in [3.8, 4) is 0 Å². The van der Waals surface area contributed by atoms with E-state index in [4.69, 9.17) is 0 Å². The van der Waals surface area contributed by atoms with Crippen LogP contribution in [0.25, 0.3) is 10.9 Å². The van der Waals surface area contributed by atoms with Crippen molar-refractivity contribution in [1.82, 2.24) is 10.3 Å². The molecule has 2 aromatic rings. The van der Waals surface area contributed by atoms with Gasteiger partial charge in [-0.1, -0.05) is 18.2 Å². The standard InChI is InChI=1S/C16H18N2O/c19-16(13-4-3-8-17-11-13)10-12-7-9-18-15-6-2-1-5-14(12)15/h1-2,5-7,9,13,17H,3-4,8,10-11H2. The summed E-state index contributed by atoms with van der Waals surface area (Å²) in [6.45, 7) is 1.88. The lowest BCUT2D eigenvalue weighted by Gasteiger charge is -2.21. The molecule has 0 saturated carbocycles. The van der Waals surface area contributed by atoms with E-state index in [2.05, 4.69) is 10.3 Å². The number of ketones is 1. The summed E-state index contributed by atoms with van der Waals surface area (Å²) < 4.78 is 0. The van der Waals surface area contributed by atoms with Crippen molar-refractivity contribution in [3.63, 3.8) is 0 Å². The number of benzene rings is 1. The molecule has 1 N–H and O–H groups in total. The van der Waals surface area contributed by atoms with Crippen LogP contribution in [0, 0.1) is 5.92 Å².